The molecule has 0 atom stereocenters. The van der Waals surface area contributed by atoms with Gasteiger partial charge in [0.05, 0.1) is 0 Å². The number of hydrogen-bond acceptors (Lipinski definition) is 1. The van der Waals surface area contributed by atoms with Gasteiger partial charge >= 0.3 is 0 Å². The van der Waals surface area contributed by atoms with E-state index in [2.05, 4.69) is 18.5 Å². The highest BCUT2D eigenvalue weighted by Crippen LogP contribution is 2.04. The first-order chi connectivity index (χ1) is 5.70. The summed E-state index contributed by atoms with van der Waals surface area (Å²) in [7, 11) is 1.87. The standard InChI is InChI=1S/C8H12ClN.C2H6/c1-4-8(6-10-3)5-7(2)9;1-2/h4-5,10H,1-2,6H2,3H3;1-2H3/b8-5+;. The molecular weight excluding hydrogens is 170 g/mol. The monoisotopic (exact) mass is 187 g/mol. The van der Waals surface area contributed by atoms with Gasteiger partial charge in [-0.3, -0.25) is 0 Å². The van der Waals surface area contributed by atoms with E-state index in [-0.39, 0.29) is 0 Å². The quantitative estimate of drug-likeness (QED) is 0.667. The van der Waals surface area contributed by atoms with Crippen LogP contribution in [0.3, 0.4) is 0 Å². The fraction of sp³-hybridized carbons (Fsp3) is 0.400. The van der Waals surface area contributed by atoms with Gasteiger partial charge in [0.1, 0.15) is 0 Å². The van der Waals surface area contributed by atoms with Gasteiger partial charge in [0.15, 0.2) is 0 Å². The molecule has 0 aromatic rings. The van der Waals surface area contributed by atoms with Crippen molar-refractivity contribution in [1.29, 1.82) is 0 Å². The third-order valence-corrected chi connectivity index (χ3v) is 1.09. The molecule has 0 aliphatic heterocycles. The normalized spacial score (nSPS) is 9.83. The molecular formula is C10H18ClN. The third-order valence-electron chi connectivity index (χ3n) is 0.985. The highest BCUT2D eigenvalue weighted by Gasteiger charge is 1.88. The van der Waals surface area contributed by atoms with Crippen molar-refractivity contribution in [3.05, 3.63) is 35.9 Å². The Morgan fingerprint density at radius 3 is 2.25 bits per heavy atom. The van der Waals surface area contributed by atoms with Crippen molar-refractivity contribution in [3.63, 3.8) is 0 Å². The number of allylic oxidation sites excluding steroid dienone is 2. The molecule has 70 valence electrons. The molecule has 0 rings (SSSR count). The van der Waals surface area contributed by atoms with Gasteiger partial charge in [0, 0.05) is 11.6 Å². The summed E-state index contributed by atoms with van der Waals surface area (Å²) in [6.07, 6.45) is 3.54. The van der Waals surface area contributed by atoms with Crippen LogP contribution in [-0.4, -0.2) is 13.6 Å². The number of hydrogen-bond donors (Lipinski definition) is 1. The molecule has 1 nitrogen and oxygen atoms in total. The van der Waals surface area contributed by atoms with Crippen molar-refractivity contribution in [1.82, 2.24) is 5.32 Å². The topological polar surface area (TPSA) is 12.0 Å². The lowest BCUT2D eigenvalue weighted by molar-refractivity contribution is 0.896. The Labute approximate surface area is 80.8 Å². The maximum atomic E-state index is 5.54. The Hall–Kier alpha value is -0.530. The van der Waals surface area contributed by atoms with Crippen LogP contribution in [0.25, 0.3) is 0 Å². The van der Waals surface area contributed by atoms with Gasteiger partial charge in [-0.2, -0.15) is 0 Å². The summed E-state index contributed by atoms with van der Waals surface area (Å²) < 4.78 is 0. The number of likely N-dealkylation sites (N-methyl/N-ethyl adjacent to an activating group) is 1. The second kappa shape index (κ2) is 10.5. The maximum Gasteiger partial charge on any atom is 0.0337 e. The molecule has 2 heteroatoms. The summed E-state index contributed by atoms with van der Waals surface area (Å²) in [6.45, 7) is 11.9. The van der Waals surface area contributed by atoms with Gasteiger partial charge in [-0.15, -0.1) is 0 Å². The lowest BCUT2D eigenvalue weighted by atomic mass is 10.2. The summed E-state index contributed by atoms with van der Waals surface area (Å²) in [5.74, 6) is 0. The maximum absolute atomic E-state index is 5.54. The molecule has 0 bridgehead atoms. The average molecular weight is 188 g/mol. The highest BCUT2D eigenvalue weighted by atomic mass is 35.5. The molecule has 0 saturated heterocycles. The zero-order valence-corrected chi connectivity index (χ0v) is 8.91. The first kappa shape index (κ1) is 14.0. The van der Waals surface area contributed by atoms with Gasteiger partial charge in [-0.25, -0.2) is 0 Å². The molecule has 0 aromatic carbocycles. The smallest absolute Gasteiger partial charge is 0.0337 e. The van der Waals surface area contributed by atoms with Crippen LogP contribution in [0, 0.1) is 0 Å². The van der Waals surface area contributed by atoms with E-state index in [9.17, 15) is 0 Å². The van der Waals surface area contributed by atoms with Crippen molar-refractivity contribution in [2.45, 2.75) is 13.8 Å². The minimum Gasteiger partial charge on any atom is -0.316 e. The van der Waals surface area contributed by atoms with Crippen molar-refractivity contribution in [3.8, 4) is 0 Å². The van der Waals surface area contributed by atoms with E-state index < -0.39 is 0 Å². The Bertz CT molecular complexity index is 159. The predicted octanol–water partition coefficient (Wildman–Crippen LogP) is 3.10. The minimum absolute atomic E-state index is 0.533. The second-order valence-electron chi connectivity index (χ2n) is 1.90. The van der Waals surface area contributed by atoms with Crippen LogP contribution in [-0.2, 0) is 0 Å². The van der Waals surface area contributed by atoms with Gasteiger partial charge in [0.25, 0.3) is 0 Å². The van der Waals surface area contributed by atoms with Crippen LogP contribution < -0.4 is 5.32 Å². The largest absolute Gasteiger partial charge is 0.316 e. The van der Waals surface area contributed by atoms with E-state index in [0.717, 1.165) is 12.1 Å². The van der Waals surface area contributed by atoms with E-state index in [0.29, 0.717) is 5.03 Å². The Morgan fingerprint density at radius 2 is 2.00 bits per heavy atom. The summed E-state index contributed by atoms with van der Waals surface area (Å²) in [4.78, 5) is 0. The van der Waals surface area contributed by atoms with Crippen molar-refractivity contribution in [2.75, 3.05) is 13.6 Å². The molecule has 0 unspecified atom stereocenters. The van der Waals surface area contributed by atoms with E-state index in [1.165, 1.54) is 0 Å². The molecule has 0 aromatic heterocycles. The molecule has 0 saturated carbocycles. The highest BCUT2D eigenvalue weighted by molar-refractivity contribution is 6.30. The molecule has 0 aliphatic carbocycles. The molecule has 0 amide bonds. The van der Waals surface area contributed by atoms with E-state index >= 15 is 0 Å². The molecule has 0 spiro atoms. The number of nitrogens with one attached hydrogen (secondary N) is 1. The fourth-order valence-electron chi connectivity index (χ4n) is 0.587. The summed E-state index contributed by atoms with van der Waals surface area (Å²) in [6, 6.07) is 0. The Kier molecular flexibility index (Phi) is 12.2. The van der Waals surface area contributed by atoms with Gasteiger partial charge in [-0.1, -0.05) is 44.7 Å². The lowest BCUT2D eigenvalue weighted by Crippen LogP contribution is -2.08. The Balaban J connectivity index is 0. The zero-order chi connectivity index (χ0) is 9.98. The molecule has 0 aliphatic rings. The van der Waals surface area contributed by atoms with E-state index in [1.807, 2.05) is 20.9 Å². The minimum atomic E-state index is 0.533. The first-order valence-corrected chi connectivity index (χ1v) is 4.40. The molecule has 12 heavy (non-hydrogen) atoms. The zero-order valence-electron chi connectivity index (χ0n) is 8.15. The van der Waals surface area contributed by atoms with Crippen LogP contribution in [0.15, 0.2) is 35.9 Å². The third kappa shape index (κ3) is 9.47. The molecule has 0 heterocycles. The van der Waals surface area contributed by atoms with Gasteiger partial charge in [0.2, 0.25) is 0 Å². The van der Waals surface area contributed by atoms with Crippen LogP contribution >= 0.6 is 11.6 Å². The van der Waals surface area contributed by atoms with Crippen LogP contribution in [0.2, 0.25) is 0 Å². The summed E-state index contributed by atoms with van der Waals surface area (Å²) in [5.41, 5.74) is 1.04. The van der Waals surface area contributed by atoms with Crippen molar-refractivity contribution < 1.29 is 0 Å². The second-order valence-corrected chi connectivity index (χ2v) is 2.39. The van der Waals surface area contributed by atoms with Gasteiger partial charge in [-0.05, 0) is 18.7 Å². The van der Waals surface area contributed by atoms with Gasteiger partial charge < -0.3 is 5.32 Å². The lowest BCUT2D eigenvalue weighted by Gasteiger charge is -1.98. The SMILES string of the molecule is C=C/C(=C\C(=C)Cl)CNC.CC. The number of halogens is 1. The van der Waals surface area contributed by atoms with E-state index in [1.54, 1.807) is 12.2 Å². The number of rotatable bonds is 4. The average Bonchev–Trinajstić information content (AvgIpc) is 2.07. The van der Waals surface area contributed by atoms with E-state index in [4.69, 9.17) is 11.6 Å². The van der Waals surface area contributed by atoms with Crippen LogP contribution in [0.1, 0.15) is 13.8 Å². The van der Waals surface area contributed by atoms with Crippen molar-refractivity contribution in [2.24, 2.45) is 0 Å². The summed E-state index contributed by atoms with van der Waals surface area (Å²) in [5, 5.41) is 3.52. The first-order valence-electron chi connectivity index (χ1n) is 4.02. The Morgan fingerprint density at radius 1 is 1.50 bits per heavy atom. The molecule has 1 N–H and O–H groups in total. The van der Waals surface area contributed by atoms with Crippen LogP contribution in [0.5, 0.6) is 0 Å². The fourth-order valence-corrected chi connectivity index (χ4v) is 0.728. The van der Waals surface area contributed by atoms with Crippen LogP contribution in [0.4, 0.5) is 0 Å². The predicted molar refractivity (Wildman–Crippen MR) is 58.5 cm³/mol. The van der Waals surface area contributed by atoms with Crippen molar-refractivity contribution >= 4 is 11.6 Å². The molecule has 0 fully saturated rings. The molecule has 0 radical (unpaired) electrons. The summed E-state index contributed by atoms with van der Waals surface area (Å²) >= 11 is 5.54.